The second-order valence-corrected chi connectivity index (χ2v) is 4.39. The first-order valence-electron chi connectivity index (χ1n) is 5.94. The van der Waals surface area contributed by atoms with Crippen LogP contribution in [-0.4, -0.2) is 9.97 Å². The standard InChI is InChI=1S/C15H12FN3/c1-9-8-14(19-15(17)18-9)12-6-7-13(16)11-5-3-2-4-10(11)12/h2-8H,1H3,(H2,17,18,19). The Labute approximate surface area is 109 Å². The number of benzene rings is 2. The van der Waals surface area contributed by atoms with Crippen LogP contribution in [0.5, 0.6) is 0 Å². The van der Waals surface area contributed by atoms with Crippen molar-refractivity contribution in [1.82, 2.24) is 9.97 Å². The number of nitrogen functional groups attached to an aromatic ring is 1. The molecule has 19 heavy (non-hydrogen) atoms. The van der Waals surface area contributed by atoms with Gasteiger partial charge in [-0.3, -0.25) is 0 Å². The first kappa shape index (κ1) is 11.6. The number of nitrogens with zero attached hydrogens (tertiary/aromatic N) is 2. The minimum atomic E-state index is -0.238. The highest BCUT2D eigenvalue weighted by molar-refractivity contribution is 5.96. The molecule has 3 aromatic rings. The Morgan fingerprint density at radius 2 is 1.74 bits per heavy atom. The molecule has 0 radical (unpaired) electrons. The van der Waals surface area contributed by atoms with Gasteiger partial charge in [0, 0.05) is 16.6 Å². The number of halogens is 1. The summed E-state index contributed by atoms with van der Waals surface area (Å²) in [6.07, 6.45) is 0. The van der Waals surface area contributed by atoms with Gasteiger partial charge in [-0.05, 0) is 30.5 Å². The van der Waals surface area contributed by atoms with E-state index in [-0.39, 0.29) is 11.8 Å². The number of hydrogen-bond donors (Lipinski definition) is 1. The molecule has 3 rings (SSSR count). The lowest BCUT2D eigenvalue weighted by molar-refractivity contribution is 0.640. The van der Waals surface area contributed by atoms with E-state index in [4.69, 9.17) is 5.73 Å². The van der Waals surface area contributed by atoms with Crippen molar-refractivity contribution in [3.8, 4) is 11.3 Å². The number of nitrogens with two attached hydrogens (primary N) is 1. The van der Waals surface area contributed by atoms with Gasteiger partial charge in [0.1, 0.15) is 5.82 Å². The van der Waals surface area contributed by atoms with Gasteiger partial charge in [-0.1, -0.05) is 24.3 Å². The highest BCUT2D eigenvalue weighted by Gasteiger charge is 2.09. The van der Waals surface area contributed by atoms with Gasteiger partial charge in [0.15, 0.2) is 0 Å². The summed E-state index contributed by atoms with van der Waals surface area (Å²) in [6.45, 7) is 1.85. The Kier molecular flexibility index (Phi) is 2.63. The van der Waals surface area contributed by atoms with Crippen LogP contribution in [0.1, 0.15) is 5.69 Å². The smallest absolute Gasteiger partial charge is 0.220 e. The molecule has 0 aliphatic rings. The van der Waals surface area contributed by atoms with Crippen LogP contribution in [0.2, 0.25) is 0 Å². The molecule has 0 spiro atoms. The molecule has 2 N–H and O–H groups in total. The molecular weight excluding hydrogens is 241 g/mol. The summed E-state index contributed by atoms with van der Waals surface area (Å²) >= 11 is 0. The predicted molar refractivity (Wildman–Crippen MR) is 74.1 cm³/mol. The molecule has 0 fully saturated rings. The fourth-order valence-electron chi connectivity index (χ4n) is 2.22. The molecule has 1 aromatic heterocycles. The van der Waals surface area contributed by atoms with Crippen LogP contribution in [0.3, 0.4) is 0 Å². The summed E-state index contributed by atoms with van der Waals surface area (Å²) in [5.41, 5.74) is 8.03. The second kappa shape index (κ2) is 4.31. The van der Waals surface area contributed by atoms with Crippen molar-refractivity contribution in [3.63, 3.8) is 0 Å². The van der Waals surface area contributed by atoms with Crippen LogP contribution in [0.25, 0.3) is 22.0 Å². The molecule has 3 nitrogen and oxygen atoms in total. The Balaban J connectivity index is 2.34. The zero-order valence-corrected chi connectivity index (χ0v) is 10.4. The monoisotopic (exact) mass is 253 g/mol. The molecule has 0 unspecified atom stereocenters. The average Bonchev–Trinajstić information content (AvgIpc) is 2.38. The summed E-state index contributed by atoms with van der Waals surface area (Å²) in [4.78, 5) is 8.28. The van der Waals surface area contributed by atoms with E-state index in [1.54, 1.807) is 12.1 Å². The zero-order valence-electron chi connectivity index (χ0n) is 10.4. The topological polar surface area (TPSA) is 51.8 Å². The lowest BCUT2D eigenvalue weighted by atomic mass is 10.0. The van der Waals surface area contributed by atoms with Crippen LogP contribution in [-0.2, 0) is 0 Å². The number of aromatic nitrogens is 2. The van der Waals surface area contributed by atoms with Gasteiger partial charge in [-0.15, -0.1) is 0 Å². The van der Waals surface area contributed by atoms with Crippen molar-refractivity contribution in [2.24, 2.45) is 0 Å². The van der Waals surface area contributed by atoms with Crippen LogP contribution in [0.15, 0.2) is 42.5 Å². The normalized spacial score (nSPS) is 10.8. The summed E-state index contributed by atoms with van der Waals surface area (Å²) < 4.78 is 13.8. The predicted octanol–water partition coefficient (Wildman–Crippen LogP) is 3.33. The lowest BCUT2D eigenvalue weighted by Crippen LogP contribution is -1.98. The Morgan fingerprint density at radius 3 is 2.47 bits per heavy atom. The van der Waals surface area contributed by atoms with Gasteiger partial charge in [-0.2, -0.15) is 0 Å². The summed E-state index contributed by atoms with van der Waals surface area (Å²) in [7, 11) is 0. The Morgan fingerprint density at radius 1 is 1.00 bits per heavy atom. The number of anilines is 1. The van der Waals surface area contributed by atoms with Crippen molar-refractivity contribution >= 4 is 16.7 Å². The highest BCUT2D eigenvalue weighted by atomic mass is 19.1. The molecule has 2 aromatic carbocycles. The van der Waals surface area contributed by atoms with E-state index < -0.39 is 0 Å². The van der Waals surface area contributed by atoms with Crippen molar-refractivity contribution in [1.29, 1.82) is 0 Å². The van der Waals surface area contributed by atoms with Gasteiger partial charge >= 0.3 is 0 Å². The van der Waals surface area contributed by atoms with E-state index in [0.29, 0.717) is 11.1 Å². The quantitative estimate of drug-likeness (QED) is 0.723. The molecule has 0 saturated carbocycles. The maximum absolute atomic E-state index is 13.8. The average molecular weight is 253 g/mol. The van der Waals surface area contributed by atoms with E-state index in [1.807, 2.05) is 31.2 Å². The van der Waals surface area contributed by atoms with Gasteiger partial charge in [0.05, 0.1) is 5.69 Å². The number of rotatable bonds is 1. The van der Waals surface area contributed by atoms with Crippen molar-refractivity contribution in [2.45, 2.75) is 6.92 Å². The van der Waals surface area contributed by atoms with E-state index in [0.717, 1.165) is 16.6 Å². The minimum Gasteiger partial charge on any atom is -0.368 e. The molecule has 4 heteroatoms. The first-order valence-corrected chi connectivity index (χ1v) is 5.94. The Bertz CT molecular complexity index is 748. The third-order valence-electron chi connectivity index (χ3n) is 3.02. The van der Waals surface area contributed by atoms with Crippen LogP contribution < -0.4 is 5.73 Å². The van der Waals surface area contributed by atoms with Crippen molar-refractivity contribution < 1.29 is 4.39 Å². The zero-order chi connectivity index (χ0) is 13.4. The second-order valence-electron chi connectivity index (χ2n) is 4.39. The largest absolute Gasteiger partial charge is 0.368 e. The molecule has 94 valence electrons. The molecule has 0 atom stereocenters. The third kappa shape index (κ3) is 2.01. The lowest BCUT2D eigenvalue weighted by Gasteiger charge is -2.08. The van der Waals surface area contributed by atoms with Crippen LogP contribution in [0.4, 0.5) is 10.3 Å². The molecular formula is C15H12FN3. The van der Waals surface area contributed by atoms with Crippen molar-refractivity contribution in [2.75, 3.05) is 5.73 Å². The van der Waals surface area contributed by atoms with E-state index in [1.165, 1.54) is 6.07 Å². The van der Waals surface area contributed by atoms with Gasteiger partial charge in [-0.25, -0.2) is 14.4 Å². The van der Waals surface area contributed by atoms with E-state index >= 15 is 0 Å². The third-order valence-corrected chi connectivity index (χ3v) is 3.02. The van der Waals surface area contributed by atoms with Gasteiger partial charge in [0.25, 0.3) is 0 Å². The van der Waals surface area contributed by atoms with E-state index in [9.17, 15) is 4.39 Å². The minimum absolute atomic E-state index is 0.225. The number of aryl methyl sites for hydroxylation is 1. The van der Waals surface area contributed by atoms with Crippen molar-refractivity contribution in [3.05, 3.63) is 54.0 Å². The van der Waals surface area contributed by atoms with Gasteiger partial charge < -0.3 is 5.73 Å². The van der Waals surface area contributed by atoms with Gasteiger partial charge in [0.2, 0.25) is 5.95 Å². The van der Waals surface area contributed by atoms with Crippen LogP contribution >= 0.6 is 0 Å². The molecule has 0 aliphatic heterocycles. The first-order chi connectivity index (χ1) is 9.15. The fourth-order valence-corrected chi connectivity index (χ4v) is 2.22. The Hall–Kier alpha value is -2.49. The molecule has 0 saturated heterocycles. The molecule has 0 aliphatic carbocycles. The number of hydrogen-bond acceptors (Lipinski definition) is 3. The number of fused-ring (bicyclic) bond motifs is 1. The molecule has 0 amide bonds. The maximum Gasteiger partial charge on any atom is 0.220 e. The van der Waals surface area contributed by atoms with E-state index in [2.05, 4.69) is 9.97 Å². The summed E-state index contributed by atoms with van der Waals surface area (Å²) in [5.74, 6) is -0.0125. The van der Waals surface area contributed by atoms with Crippen LogP contribution in [0, 0.1) is 12.7 Å². The summed E-state index contributed by atoms with van der Waals surface area (Å²) in [5, 5.41) is 1.40. The fraction of sp³-hybridized carbons (Fsp3) is 0.0667. The molecule has 0 bridgehead atoms. The summed E-state index contributed by atoms with van der Waals surface area (Å²) in [6, 6.07) is 12.3. The SMILES string of the molecule is Cc1cc(-c2ccc(F)c3ccccc23)nc(N)n1. The highest BCUT2D eigenvalue weighted by Crippen LogP contribution is 2.29. The molecule has 1 heterocycles. The maximum atomic E-state index is 13.8.